The van der Waals surface area contributed by atoms with Crippen LogP contribution in [0.2, 0.25) is 0 Å². The highest BCUT2D eigenvalue weighted by atomic mass is 35.7. The first kappa shape index (κ1) is 11.8. The van der Waals surface area contributed by atoms with E-state index < -0.39 is 7.58 Å². The van der Waals surface area contributed by atoms with Gasteiger partial charge in [0.1, 0.15) is 0 Å². The second-order valence-corrected chi connectivity index (χ2v) is 6.51. The molecule has 0 unspecified atom stereocenters. The first-order chi connectivity index (χ1) is 8.86. The van der Waals surface area contributed by atoms with Crippen molar-refractivity contribution >= 4 is 30.2 Å². The molecule has 0 aliphatic carbocycles. The molecule has 0 spiro atoms. The van der Waals surface area contributed by atoms with Crippen molar-refractivity contribution in [1.29, 1.82) is 0 Å². The Morgan fingerprint density at radius 3 is 1.50 bits per heavy atom. The fourth-order valence-electron chi connectivity index (χ4n) is 2.13. The number of hydrogen-bond acceptors (Lipinski definition) is 2. The molecule has 1 saturated heterocycles. The normalized spacial score (nSPS) is 16.3. The lowest BCUT2D eigenvalue weighted by atomic mass is 10.3. The van der Waals surface area contributed by atoms with Crippen LogP contribution >= 0.6 is 18.8 Å². The maximum atomic E-state index is 6.63. The van der Waals surface area contributed by atoms with Gasteiger partial charge in [-0.1, -0.05) is 36.4 Å². The van der Waals surface area contributed by atoms with Crippen LogP contribution in [0.25, 0.3) is 0 Å². The fraction of sp³-hybridized carbons (Fsp3) is 0.143. The number of anilines is 2. The van der Waals surface area contributed by atoms with Crippen LogP contribution < -0.4 is 9.34 Å². The molecule has 2 aromatic rings. The molecule has 4 heteroatoms. The van der Waals surface area contributed by atoms with Crippen LogP contribution in [-0.4, -0.2) is 13.1 Å². The van der Waals surface area contributed by atoms with Crippen LogP contribution in [0.3, 0.4) is 0 Å². The maximum Gasteiger partial charge on any atom is 0.197 e. The summed E-state index contributed by atoms with van der Waals surface area (Å²) in [7, 11) is -0.806. The zero-order valence-electron chi connectivity index (χ0n) is 9.91. The molecule has 2 aromatic carbocycles. The van der Waals surface area contributed by atoms with Gasteiger partial charge in [0.2, 0.25) is 0 Å². The largest absolute Gasteiger partial charge is 0.320 e. The summed E-state index contributed by atoms with van der Waals surface area (Å²) < 4.78 is 4.56. The van der Waals surface area contributed by atoms with Gasteiger partial charge in [-0.3, -0.25) is 0 Å². The van der Waals surface area contributed by atoms with Gasteiger partial charge in [0.05, 0.1) is 0 Å². The highest BCUT2D eigenvalue weighted by Crippen LogP contribution is 2.56. The van der Waals surface area contributed by atoms with E-state index in [-0.39, 0.29) is 0 Å². The van der Waals surface area contributed by atoms with Crippen LogP contribution in [0, 0.1) is 0 Å². The molecule has 0 amide bonds. The Balaban J connectivity index is 1.83. The Labute approximate surface area is 113 Å². The Morgan fingerprint density at radius 1 is 0.722 bits per heavy atom. The highest BCUT2D eigenvalue weighted by Gasteiger charge is 2.31. The SMILES string of the molecule is ClP1N(c2ccccc2)CCN1c1ccccc1. The number of benzene rings is 2. The number of halogens is 1. The van der Waals surface area contributed by atoms with Gasteiger partial charge in [-0.15, -0.1) is 0 Å². The van der Waals surface area contributed by atoms with Crippen molar-refractivity contribution in [3.05, 3.63) is 60.7 Å². The van der Waals surface area contributed by atoms with Gasteiger partial charge in [-0.25, -0.2) is 0 Å². The van der Waals surface area contributed by atoms with E-state index in [9.17, 15) is 0 Å². The van der Waals surface area contributed by atoms with Crippen LogP contribution in [0.15, 0.2) is 60.7 Å². The Bertz CT molecular complexity index is 458. The van der Waals surface area contributed by atoms with Gasteiger partial charge in [0.25, 0.3) is 0 Å². The van der Waals surface area contributed by atoms with E-state index in [0.29, 0.717) is 0 Å². The van der Waals surface area contributed by atoms with Crippen LogP contribution in [0.1, 0.15) is 0 Å². The standard InChI is InChI=1S/C14H14ClN2P/c15-18-16(13-7-3-1-4-8-13)11-12-17(18)14-9-5-2-6-10-14/h1-10H,11-12H2. The number of rotatable bonds is 2. The highest BCUT2D eigenvalue weighted by molar-refractivity contribution is 7.86. The molecule has 2 nitrogen and oxygen atoms in total. The Kier molecular flexibility index (Phi) is 3.40. The summed E-state index contributed by atoms with van der Waals surface area (Å²) in [6.07, 6.45) is 0. The summed E-state index contributed by atoms with van der Waals surface area (Å²) in [4.78, 5) is 0. The molecule has 0 N–H and O–H groups in total. The number of hydrogen-bond donors (Lipinski definition) is 0. The predicted octanol–water partition coefficient (Wildman–Crippen LogP) is 4.48. The third-order valence-corrected chi connectivity index (χ3v) is 5.78. The van der Waals surface area contributed by atoms with E-state index in [1.165, 1.54) is 11.4 Å². The number of para-hydroxylation sites is 2. The zero-order chi connectivity index (χ0) is 12.4. The van der Waals surface area contributed by atoms with Crippen molar-refractivity contribution in [1.82, 2.24) is 0 Å². The third kappa shape index (κ3) is 2.19. The van der Waals surface area contributed by atoms with Gasteiger partial charge in [-0.2, -0.15) is 0 Å². The van der Waals surface area contributed by atoms with E-state index in [2.05, 4.69) is 57.9 Å². The summed E-state index contributed by atoms with van der Waals surface area (Å²) in [5.74, 6) is 0. The number of nitrogens with zero attached hydrogens (tertiary/aromatic N) is 2. The van der Waals surface area contributed by atoms with E-state index in [0.717, 1.165) is 13.1 Å². The smallest absolute Gasteiger partial charge is 0.197 e. The second kappa shape index (κ2) is 5.17. The molecule has 0 atom stereocenters. The maximum absolute atomic E-state index is 6.63. The fourth-order valence-corrected chi connectivity index (χ4v) is 4.53. The summed E-state index contributed by atoms with van der Waals surface area (Å²) in [5.41, 5.74) is 2.41. The van der Waals surface area contributed by atoms with Crippen molar-refractivity contribution < 1.29 is 0 Å². The molecule has 1 aliphatic rings. The molecule has 92 valence electrons. The molecule has 18 heavy (non-hydrogen) atoms. The molecular formula is C14H14ClN2P. The lowest BCUT2D eigenvalue weighted by molar-refractivity contribution is 1.02. The van der Waals surface area contributed by atoms with E-state index >= 15 is 0 Å². The second-order valence-electron chi connectivity index (χ2n) is 4.16. The van der Waals surface area contributed by atoms with Crippen molar-refractivity contribution in [2.75, 3.05) is 22.4 Å². The Morgan fingerprint density at radius 2 is 1.11 bits per heavy atom. The van der Waals surface area contributed by atoms with Gasteiger partial charge < -0.3 is 9.34 Å². The summed E-state index contributed by atoms with van der Waals surface area (Å²) in [6.45, 7) is 1.96. The molecule has 1 aliphatic heterocycles. The molecule has 0 bridgehead atoms. The quantitative estimate of drug-likeness (QED) is 0.746. The molecule has 0 radical (unpaired) electrons. The third-order valence-electron chi connectivity index (χ3n) is 3.03. The van der Waals surface area contributed by atoms with Crippen molar-refractivity contribution in [3.63, 3.8) is 0 Å². The van der Waals surface area contributed by atoms with Crippen molar-refractivity contribution in [3.8, 4) is 0 Å². The first-order valence-corrected chi connectivity index (χ1v) is 8.12. The van der Waals surface area contributed by atoms with Crippen molar-refractivity contribution in [2.24, 2.45) is 0 Å². The summed E-state index contributed by atoms with van der Waals surface area (Å²) in [6, 6.07) is 20.8. The minimum atomic E-state index is -0.806. The zero-order valence-corrected chi connectivity index (χ0v) is 11.6. The average molecular weight is 277 g/mol. The lowest BCUT2D eigenvalue weighted by Crippen LogP contribution is -2.10. The predicted molar refractivity (Wildman–Crippen MR) is 80.3 cm³/mol. The lowest BCUT2D eigenvalue weighted by Gasteiger charge is -2.26. The van der Waals surface area contributed by atoms with Gasteiger partial charge in [0, 0.05) is 24.5 Å². The minimum absolute atomic E-state index is 0.806. The molecular weight excluding hydrogens is 263 g/mol. The van der Waals surface area contributed by atoms with E-state index in [4.69, 9.17) is 11.2 Å². The summed E-state index contributed by atoms with van der Waals surface area (Å²) in [5, 5.41) is 0. The topological polar surface area (TPSA) is 6.48 Å². The molecule has 0 saturated carbocycles. The van der Waals surface area contributed by atoms with E-state index in [1.54, 1.807) is 0 Å². The Hall–Kier alpha value is -1.24. The van der Waals surface area contributed by atoms with Crippen LogP contribution in [0.4, 0.5) is 11.4 Å². The minimum Gasteiger partial charge on any atom is -0.320 e. The monoisotopic (exact) mass is 276 g/mol. The molecule has 1 heterocycles. The first-order valence-electron chi connectivity index (χ1n) is 5.97. The molecule has 0 aromatic heterocycles. The van der Waals surface area contributed by atoms with Crippen LogP contribution in [0.5, 0.6) is 0 Å². The van der Waals surface area contributed by atoms with E-state index in [1.807, 2.05) is 12.1 Å². The van der Waals surface area contributed by atoms with Crippen LogP contribution in [-0.2, 0) is 0 Å². The average Bonchev–Trinajstić information content (AvgIpc) is 2.83. The van der Waals surface area contributed by atoms with Gasteiger partial charge in [-0.05, 0) is 35.5 Å². The van der Waals surface area contributed by atoms with Gasteiger partial charge >= 0.3 is 0 Å². The molecule has 1 fully saturated rings. The van der Waals surface area contributed by atoms with Crippen molar-refractivity contribution in [2.45, 2.75) is 0 Å². The van der Waals surface area contributed by atoms with Gasteiger partial charge in [0.15, 0.2) is 7.58 Å². The summed E-state index contributed by atoms with van der Waals surface area (Å²) >= 11 is 6.63. The molecule has 3 rings (SSSR count).